The van der Waals surface area contributed by atoms with E-state index in [-0.39, 0.29) is 11.5 Å². The fourth-order valence-corrected chi connectivity index (χ4v) is 1.73. The van der Waals surface area contributed by atoms with Crippen molar-refractivity contribution in [3.05, 3.63) is 35.8 Å². The van der Waals surface area contributed by atoms with E-state index in [0.717, 1.165) is 18.1 Å². The van der Waals surface area contributed by atoms with E-state index >= 15 is 0 Å². The Hall–Kier alpha value is -2.51. The van der Waals surface area contributed by atoms with Crippen LogP contribution in [0.1, 0.15) is 16.2 Å². The quantitative estimate of drug-likeness (QED) is 0.825. The van der Waals surface area contributed by atoms with Crippen LogP contribution in [0.4, 0.5) is 10.2 Å². The molecule has 0 saturated heterocycles. The van der Waals surface area contributed by atoms with Gasteiger partial charge in [0, 0.05) is 27.1 Å². The predicted molar refractivity (Wildman–Crippen MR) is 70.8 cm³/mol. The molecule has 2 aromatic rings. The van der Waals surface area contributed by atoms with Crippen molar-refractivity contribution >= 4 is 11.7 Å². The van der Waals surface area contributed by atoms with Gasteiger partial charge in [-0.05, 0) is 6.07 Å². The van der Waals surface area contributed by atoms with Crippen LogP contribution in [0.3, 0.4) is 0 Å². The van der Waals surface area contributed by atoms with Gasteiger partial charge in [-0.1, -0.05) is 0 Å². The van der Waals surface area contributed by atoms with E-state index in [1.54, 1.807) is 17.9 Å². The topological polar surface area (TPSA) is 84.7 Å². The second-order valence-electron chi connectivity index (χ2n) is 4.16. The monoisotopic (exact) mass is 278 g/mol. The number of nitrogens with one attached hydrogen (secondary N) is 2. The summed E-state index contributed by atoms with van der Waals surface area (Å²) < 4.78 is 14.9. The molecule has 2 heterocycles. The van der Waals surface area contributed by atoms with E-state index in [9.17, 15) is 9.18 Å². The lowest BCUT2D eigenvalue weighted by Gasteiger charge is -2.08. The van der Waals surface area contributed by atoms with Crippen molar-refractivity contribution in [2.24, 2.45) is 7.05 Å². The minimum Gasteiger partial charge on any atom is -0.372 e. The summed E-state index contributed by atoms with van der Waals surface area (Å²) in [5.41, 5.74) is 0.172. The molecular weight excluding hydrogens is 263 g/mol. The number of aromatic nitrogens is 4. The lowest BCUT2D eigenvalue weighted by atomic mass is 10.2. The van der Waals surface area contributed by atoms with Gasteiger partial charge in [0.05, 0.1) is 11.8 Å². The Morgan fingerprint density at radius 1 is 1.50 bits per heavy atom. The highest BCUT2D eigenvalue weighted by atomic mass is 19.1. The van der Waals surface area contributed by atoms with Gasteiger partial charge in [-0.25, -0.2) is 9.37 Å². The third kappa shape index (κ3) is 3.08. The number of amides is 1. The number of halogens is 1. The molecular formula is C12H15FN6O. The van der Waals surface area contributed by atoms with Crippen LogP contribution >= 0.6 is 0 Å². The van der Waals surface area contributed by atoms with Crippen molar-refractivity contribution in [3.63, 3.8) is 0 Å². The summed E-state index contributed by atoms with van der Waals surface area (Å²) in [4.78, 5) is 15.8. The number of carbonyl (C=O) groups is 1. The first kappa shape index (κ1) is 13.9. The lowest BCUT2D eigenvalue weighted by molar-refractivity contribution is 0.0954. The first-order chi connectivity index (χ1) is 9.61. The van der Waals surface area contributed by atoms with E-state index in [1.165, 1.54) is 0 Å². The molecule has 0 saturated carbocycles. The summed E-state index contributed by atoms with van der Waals surface area (Å²) in [7, 11) is 3.45. The second kappa shape index (κ2) is 6.09. The van der Waals surface area contributed by atoms with E-state index in [4.69, 9.17) is 0 Å². The minimum absolute atomic E-state index is 0.172. The summed E-state index contributed by atoms with van der Waals surface area (Å²) >= 11 is 0. The van der Waals surface area contributed by atoms with Crippen LogP contribution < -0.4 is 10.6 Å². The zero-order valence-corrected chi connectivity index (χ0v) is 11.2. The Kier molecular flexibility index (Phi) is 4.24. The Morgan fingerprint density at radius 3 is 2.95 bits per heavy atom. The third-order valence-electron chi connectivity index (χ3n) is 2.78. The Balaban J connectivity index is 1.98. The Bertz CT molecular complexity index is 612. The first-order valence-corrected chi connectivity index (χ1v) is 6.06. The largest absolute Gasteiger partial charge is 0.372 e. The summed E-state index contributed by atoms with van der Waals surface area (Å²) in [5, 5.41) is 13.1. The van der Waals surface area contributed by atoms with E-state index in [1.807, 2.05) is 7.05 Å². The summed E-state index contributed by atoms with van der Waals surface area (Å²) in [5.74, 6) is 0.157. The van der Waals surface area contributed by atoms with Crippen LogP contribution in [0, 0.1) is 5.82 Å². The summed E-state index contributed by atoms with van der Waals surface area (Å²) in [6.07, 6.45) is 3.19. The molecule has 8 heteroatoms. The maximum absolute atomic E-state index is 13.2. The van der Waals surface area contributed by atoms with Crippen molar-refractivity contribution < 1.29 is 9.18 Å². The average molecular weight is 278 g/mol. The van der Waals surface area contributed by atoms with Crippen LogP contribution in [0.15, 0.2) is 18.6 Å². The molecule has 2 N–H and O–H groups in total. The molecule has 0 aliphatic rings. The number of anilines is 1. The average Bonchev–Trinajstić information content (AvgIpc) is 2.84. The SMILES string of the molecule is CNc1ncc(F)cc1C(=O)NCCc1nncn1C. The van der Waals surface area contributed by atoms with Gasteiger partial charge < -0.3 is 15.2 Å². The number of rotatable bonds is 5. The number of nitrogens with zero attached hydrogens (tertiary/aromatic N) is 4. The molecule has 2 aromatic heterocycles. The van der Waals surface area contributed by atoms with Crippen molar-refractivity contribution in [2.75, 3.05) is 18.9 Å². The van der Waals surface area contributed by atoms with Gasteiger partial charge >= 0.3 is 0 Å². The molecule has 106 valence electrons. The van der Waals surface area contributed by atoms with Crippen LogP contribution in [0.25, 0.3) is 0 Å². The molecule has 0 fully saturated rings. The Labute approximate surface area is 115 Å². The molecule has 0 bridgehead atoms. The van der Waals surface area contributed by atoms with E-state index < -0.39 is 5.82 Å². The second-order valence-corrected chi connectivity index (χ2v) is 4.16. The zero-order chi connectivity index (χ0) is 14.5. The van der Waals surface area contributed by atoms with Gasteiger partial charge in [0.15, 0.2) is 0 Å². The van der Waals surface area contributed by atoms with Crippen molar-refractivity contribution in [1.29, 1.82) is 0 Å². The smallest absolute Gasteiger partial charge is 0.255 e. The molecule has 2 rings (SSSR count). The zero-order valence-electron chi connectivity index (χ0n) is 11.2. The molecule has 7 nitrogen and oxygen atoms in total. The third-order valence-corrected chi connectivity index (χ3v) is 2.78. The van der Waals surface area contributed by atoms with Gasteiger partial charge in [-0.2, -0.15) is 0 Å². The first-order valence-electron chi connectivity index (χ1n) is 6.06. The Morgan fingerprint density at radius 2 is 2.30 bits per heavy atom. The molecule has 0 aromatic carbocycles. The summed E-state index contributed by atoms with van der Waals surface area (Å²) in [6, 6.07) is 1.15. The van der Waals surface area contributed by atoms with Crippen LogP contribution in [-0.4, -0.2) is 39.2 Å². The molecule has 1 amide bonds. The predicted octanol–water partition coefficient (Wildman–Crippen LogP) is 0.363. The number of hydrogen-bond acceptors (Lipinski definition) is 5. The van der Waals surface area contributed by atoms with Gasteiger partial charge in [0.2, 0.25) is 0 Å². The van der Waals surface area contributed by atoms with Crippen molar-refractivity contribution in [3.8, 4) is 0 Å². The fraction of sp³-hybridized carbons (Fsp3) is 0.333. The number of pyridine rings is 1. The number of carbonyl (C=O) groups excluding carboxylic acids is 1. The van der Waals surface area contributed by atoms with Crippen molar-refractivity contribution in [2.45, 2.75) is 6.42 Å². The number of hydrogen-bond donors (Lipinski definition) is 2. The molecule has 0 unspecified atom stereocenters. The van der Waals surface area contributed by atoms with Gasteiger partial charge in [-0.3, -0.25) is 4.79 Å². The van der Waals surface area contributed by atoms with Crippen molar-refractivity contribution in [1.82, 2.24) is 25.1 Å². The maximum atomic E-state index is 13.2. The van der Waals surface area contributed by atoms with Crippen LogP contribution in [-0.2, 0) is 13.5 Å². The van der Waals surface area contributed by atoms with E-state index in [0.29, 0.717) is 18.8 Å². The van der Waals surface area contributed by atoms with Gasteiger partial charge in [-0.15, -0.1) is 10.2 Å². The summed E-state index contributed by atoms with van der Waals surface area (Å²) in [6.45, 7) is 0.380. The van der Waals surface area contributed by atoms with E-state index in [2.05, 4.69) is 25.8 Å². The van der Waals surface area contributed by atoms with Gasteiger partial charge in [0.1, 0.15) is 23.8 Å². The fourth-order valence-electron chi connectivity index (χ4n) is 1.73. The maximum Gasteiger partial charge on any atom is 0.255 e. The molecule has 0 atom stereocenters. The standard InChI is InChI=1S/C12H15FN6O/c1-14-11-9(5-8(13)6-16-11)12(20)15-4-3-10-18-17-7-19(10)2/h5-7H,3-4H2,1-2H3,(H,14,16)(H,15,20). The molecule has 0 radical (unpaired) electrons. The number of aryl methyl sites for hydroxylation is 1. The van der Waals surface area contributed by atoms with Crippen LogP contribution in [0.5, 0.6) is 0 Å². The highest BCUT2D eigenvalue weighted by Gasteiger charge is 2.13. The molecule has 0 aliphatic carbocycles. The molecule has 0 aliphatic heterocycles. The normalized spacial score (nSPS) is 10.3. The molecule has 20 heavy (non-hydrogen) atoms. The van der Waals surface area contributed by atoms with Crippen LogP contribution in [0.2, 0.25) is 0 Å². The minimum atomic E-state index is -0.553. The van der Waals surface area contributed by atoms with Gasteiger partial charge in [0.25, 0.3) is 5.91 Å². The lowest BCUT2D eigenvalue weighted by Crippen LogP contribution is -2.27. The highest BCUT2D eigenvalue weighted by Crippen LogP contribution is 2.12. The molecule has 0 spiro atoms. The highest BCUT2D eigenvalue weighted by molar-refractivity contribution is 5.98.